The molecule has 0 bridgehead atoms. The molecular formula is C16H25NO2. The molecule has 1 N–H and O–H groups in total. The lowest BCUT2D eigenvalue weighted by molar-refractivity contribution is 0.0746. The molecule has 0 amide bonds. The number of hydrogen-bond donors (Lipinski definition) is 1. The van der Waals surface area contributed by atoms with Crippen molar-refractivity contribution in [2.75, 3.05) is 33.0 Å². The maximum absolute atomic E-state index is 5.90. The summed E-state index contributed by atoms with van der Waals surface area (Å²) in [5.74, 6) is 0.583. The quantitative estimate of drug-likeness (QED) is 0.820. The molecular weight excluding hydrogens is 238 g/mol. The maximum Gasteiger partial charge on any atom is 0.0661 e. The number of hydrogen-bond acceptors (Lipinski definition) is 3. The molecule has 0 aliphatic carbocycles. The Kier molecular flexibility index (Phi) is 5.83. The third-order valence-electron chi connectivity index (χ3n) is 3.68. The van der Waals surface area contributed by atoms with Gasteiger partial charge in [0.05, 0.1) is 25.9 Å². The highest BCUT2D eigenvalue weighted by Gasteiger charge is 2.17. The van der Waals surface area contributed by atoms with E-state index >= 15 is 0 Å². The molecule has 2 unspecified atom stereocenters. The van der Waals surface area contributed by atoms with Crippen LogP contribution in [0.5, 0.6) is 0 Å². The zero-order valence-electron chi connectivity index (χ0n) is 12.0. The van der Waals surface area contributed by atoms with Gasteiger partial charge in [0.2, 0.25) is 0 Å². The molecule has 2 rings (SSSR count). The average molecular weight is 263 g/mol. The van der Waals surface area contributed by atoms with Gasteiger partial charge >= 0.3 is 0 Å². The molecule has 106 valence electrons. The normalized spacial score (nSPS) is 20.6. The summed E-state index contributed by atoms with van der Waals surface area (Å²) in [4.78, 5) is 0. The van der Waals surface area contributed by atoms with Crippen molar-refractivity contribution in [2.45, 2.75) is 26.3 Å². The summed E-state index contributed by atoms with van der Waals surface area (Å²) in [5, 5.41) is 3.51. The van der Waals surface area contributed by atoms with E-state index in [1.54, 1.807) is 0 Å². The van der Waals surface area contributed by atoms with Crippen LogP contribution in [0, 0.1) is 12.8 Å². The molecule has 1 aromatic carbocycles. The largest absolute Gasteiger partial charge is 0.381 e. The number of benzene rings is 1. The van der Waals surface area contributed by atoms with Crippen LogP contribution in [0.2, 0.25) is 0 Å². The second-order valence-corrected chi connectivity index (χ2v) is 5.23. The topological polar surface area (TPSA) is 30.5 Å². The van der Waals surface area contributed by atoms with Crippen LogP contribution in [0.25, 0.3) is 0 Å². The molecule has 0 radical (unpaired) electrons. The molecule has 19 heavy (non-hydrogen) atoms. The fourth-order valence-corrected chi connectivity index (χ4v) is 2.55. The summed E-state index contributed by atoms with van der Waals surface area (Å²) < 4.78 is 11.3. The maximum atomic E-state index is 5.90. The van der Waals surface area contributed by atoms with Gasteiger partial charge in [0, 0.05) is 12.5 Å². The molecule has 1 aliphatic rings. The van der Waals surface area contributed by atoms with Crippen LogP contribution in [-0.2, 0) is 9.47 Å². The predicted molar refractivity (Wildman–Crippen MR) is 77.3 cm³/mol. The van der Waals surface area contributed by atoms with Crippen molar-refractivity contribution in [1.82, 2.24) is 5.32 Å². The van der Waals surface area contributed by atoms with Gasteiger partial charge in [-0.3, -0.25) is 0 Å². The molecule has 0 saturated carbocycles. The van der Waals surface area contributed by atoms with Crippen molar-refractivity contribution >= 4 is 0 Å². The van der Waals surface area contributed by atoms with Gasteiger partial charge in [-0.25, -0.2) is 0 Å². The highest BCUT2D eigenvalue weighted by molar-refractivity contribution is 5.28. The van der Waals surface area contributed by atoms with Gasteiger partial charge in [-0.05, 0) is 31.0 Å². The number of aryl methyl sites for hydroxylation is 1. The van der Waals surface area contributed by atoms with Gasteiger partial charge < -0.3 is 14.8 Å². The summed E-state index contributed by atoms with van der Waals surface area (Å²) in [6.45, 7) is 8.54. The molecule has 1 fully saturated rings. The lowest BCUT2D eigenvalue weighted by Crippen LogP contribution is -2.27. The third-order valence-corrected chi connectivity index (χ3v) is 3.68. The van der Waals surface area contributed by atoms with Crippen molar-refractivity contribution in [3.8, 4) is 0 Å². The Labute approximate surface area is 116 Å². The van der Waals surface area contributed by atoms with Gasteiger partial charge in [0.25, 0.3) is 0 Å². The summed E-state index contributed by atoms with van der Waals surface area (Å²) in [6.07, 6.45) is 1.14. The molecule has 3 nitrogen and oxygen atoms in total. The van der Waals surface area contributed by atoms with E-state index in [4.69, 9.17) is 9.47 Å². The van der Waals surface area contributed by atoms with Crippen LogP contribution in [0.1, 0.15) is 30.5 Å². The van der Waals surface area contributed by atoms with E-state index in [2.05, 4.69) is 43.4 Å². The summed E-state index contributed by atoms with van der Waals surface area (Å²) in [7, 11) is 0. The number of ether oxygens (including phenoxy) is 2. The fraction of sp³-hybridized carbons (Fsp3) is 0.625. The molecule has 3 heteroatoms. The van der Waals surface area contributed by atoms with Gasteiger partial charge in [-0.15, -0.1) is 0 Å². The summed E-state index contributed by atoms with van der Waals surface area (Å²) >= 11 is 0. The SMILES string of the molecule is CCNC(COCC1CCOC1)c1ccccc1C. The highest BCUT2D eigenvalue weighted by Crippen LogP contribution is 2.19. The molecule has 1 heterocycles. The number of rotatable bonds is 7. The van der Waals surface area contributed by atoms with Crippen LogP contribution in [0.3, 0.4) is 0 Å². The fourth-order valence-electron chi connectivity index (χ4n) is 2.55. The highest BCUT2D eigenvalue weighted by atomic mass is 16.5. The first-order valence-corrected chi connectivity index (χ1v) is 7.25. The smallest absolute Gasteiger partial charge is 0.0661 e. The second kappa shape index (κ2) is 7.63. The van der Waals surface area contributed by atoms with Gasteiger partial charge in [-0.2, -0.15) is 0 Å². The van der Waals surface area contributed by atoms with E-state index < -0.39 is 0 Å². The van der Waals surface area contributed by atoms with Crippen LogP contribution in [0.4, 0.5) is 0 Å². The molecule has 1 aliphatic heterocycles. The Morgan fingerprint density at radius 3 is 2.95 bits per heavy atom. The zero-order chi connectivity index (χ0) is 13.5. The Hall–Kier alpha value is -0.900. The Morgan fingerprint density at radius 2 is 2.26 bits per heavy atom. The van der Waals surface area contributed by atoms with Crippen molar-refractivity contribution in [3.05, 3.63) is 35.4 Å². The predicted octanol–water partition coefficient (Wildman–Crippen LogP) is 2.70. The molecule has 0 aromatic heterocycles. The average Bonchev–Trinajstić information content (AvgIpc) is 2.92. The van der Waals surface area contributed by atoms with E-state index in [0.717, 1.165) is 39.4 Å². The van der Waals surface area contributed by atoms with E-state index in [0.29, 0.717) is 5.92 Å². The minimum absolute atomic E-state index is 0.286. The van der Waals surface area contributed by atoms with Crippen molar-refractivity contribution in [1.29, 1.82) is 0 Å². The minimum atomic E-state index is 0.286. The van der Waals surface area contributed by atoms with E-state index in [9.17, 15) is 0 Å². The van der Waals surface area contributed by atoms with Crippen LogP contribution in [0.15, 0.2) is 24.3 Å². The van der Waals surface area contributed by atoms with Crippen LogP contribution in [-0.4, -0.2) is 33.0 Å². The lowest BCUT2D eigenvalue weighted by atomic mass is 10.0. The standard InChI is InChI=1S/C16H25NO2/c1-3-17-16(15-7-5-4-6-13(15)2)12-19-11-14-8-9-18-10-14/h4-7,14,16-17H,3,8-12H2,1-2H3. The van der Waals surface area contributed by atoms with Crippen molar-refractivity contribution < 1.29 is 9.47 Å². The summed E-state index contributed by atoms with van der Waals surface area (Å²) in [6, 6.07) is 8.80. The van der Waals surface area contributed by atoms with Gasteiger partial charge in [0.15, 0.2) is 0 Å². The van der Waals surface area contributed by atoms with Crippen molar-refractivity contribution in [3.63, 3.8) is 0 Å². The lowest BCUT2D eigenvalue weighted by Gasteiger charge is -2.21. The first-order valence-electron chi connectivity index (χ1n) is 7.25. The minimum Gasteiger partial charge on any atom is -0.381 e. The molecule has 0 spiro atoms. The van der Waals surface area contributed by atoms with Crippen LogP contribution >= 0.6 is 0 Å². The Bertz CT molecular complexity index is 375. The van der Waals surface area contributed by atoms with Gasteiger partial charge in [-0.1, -0.05) is 31.2 Å². The molecule has 1 saturated heterocycles. The van der Waals surface area contributed by atoms with E-state index in [-0.39, 0.29) is 6.04 Å². The first kappa shape index (κ1) is 14.5. The Morgan fingerprint density at radius 1 is 1.42 bits per heavy atom. The molecule has 2 atom stereocenters. The summed E-state index contributed by atoms with van der Waals surface area (Å²) in [5.41, 5.74) is 2.66. The number of likely N-dealkylation sites (N-methyl/N-ethyl adjacent to an activating group) is 1. The molecule has 1 aromatic rings. The zero-order valence-corrected chi connectivity index (χ0v) is 12.0. The first-order chi connectivity index (χ1) is 9.31. The van der Waals surface area contributed by atoms with E-state index in [1.165, 1.54) is 11.1 Å². The van der Waals surface area contributed by atoms with Gasteiger partial charge in [0.1, 0.15) is 0 Å². The third kappa shape index (κ3) is 4.30. The number of nitrogens with one attached hydrogen (secondary N) is 1. The van der Waals surface area contributed by atoms with Crippen molar-refractivity contribution in [2.24, 2.45) is 5.92 Å². The Balaban J connectivity index is 1.87. The second-order valence-electron chi connectivity index (χ2n) is 5.23. The van der Waals surface area contributed by atoms with E-state index in [1.807, 2.05) is 0 Å². The monoisotopic (exact) mass is 263 g/mol. The van der Waals surface area contributed by atoms with Crippen LogP contribution < -0.4 is 5.32 Å².